The number of allylic oxidation sites excluding steroid dienone is 2. The summed E-state index contributed by atoms with van der Waals surface area (Å²) in [7, 11) is 4.46. The number of carbonyl (C=O) groups is 1. The van der Waals surface area contributed by atoms with Gasteiger partial charge in [0.1, 0.15) is 5.75 Å². The number of methoxy groups -OCH3 is 3. The van der Waals surface area contributed by atoms with Crippen LogP contribution in [0.25, 0.3) is 6.08 Å². The summed E-state index contributed by atoms with van der Waals surface area (Å²) in [5, 5.41) is 0. The van der Waals surface area contributed by atoms with Crippen LogP contribution < -0.4 is 4.74 Å². The van der Waals surface area contributed by atoms with Crippen LogP contribution in [0, 0.1) is 0 Å². The first kappa shape index (κ1) is 16.6. The molecular formula is C17H20O4. The van der Waals surface area contributed by atoms with Crippen molar-refractivity contribution in [2.75, 3.05) is 21.3 Å². The Kier molecular flexibility index (Phi) is 6.81. The van der Waals surface area contributed by atoms with Crippen molar-refractivity contribution >= 4 is 12.0 Å². The van der Waals surface area contributed by atoms with Crippen LogP contribution in [0.5, 0.6) is 5.75 Å². The van der Waals surface area contributed by atoms with Gasteiger partial charge in [0, 0.05) is 0 Å². The largest absolute Gasteiger partial charge is 0.503 e. The quantitative estimate of drug-likeness (QED) is 0.348. The highest BCUT2D eigenvalue weighted by atomic mass is 16.5. The number of ether oxygens (including phenoxy) is 3. The second kappa shape index (κ2) is 8.64. The molecule has 0 bridgehead atoms. The maximum atomic E-state index is 11.6. The van der Waals surface area contributed by atoms with Crippen molar-refractivity contribution in [2.45, 2.75) is 6.92 Å². The topological polar surface area (TPSA) is 44.8 Å². The van der Waals surface area contributed by atoms with Gasteiger partial charge in [-0.2, -0.15) is 0 Å². The lowest BCUT2D eigenvalue weighted by molar-refractivity contribution is -0.135. The fraction of sp³-hybridized carbons (Fsp3) is 0.235. The summed E-state index contributed by atoms with van der Waals surface area (Å²) in [6, 6.07) is 7.68. The predicted octanol–water partition coefficient (Wildman–Crippen LogP) is 3.36. The van der Waals surface area contributed by atoms with Gasteiger partial charge >= 0.3 is 5.97 Å². The molecule has 0 N–H and O–H groups in total. The van der Waals surface area contributed by atoms with Crippen LogP contribution >= 0.6 is 0 Å². The van der Waals surface area contributed by atoms with Crippen molar-refractivity contribution in [3.8, 4) is 5.75 Å². The van der Waals surface area contributed by atoms with Crippen molar-refractivity contribution in [1.82, 2.24) is 0 Å². The fourth-order valence-electron chi connectivity index (χ4n) is 1.64. The maximum absolute atomic E-state index is 11.6. The molecule has 0 atom stereocenters. The highest BCUT2D eigenvalue weighted by molar-refractivity contribution is 5.92. The lowest BCUT2D eigenvalue weighted by Gasteiger charge is -2.04. The molecule has 1 rings (SSSR count). The monoisotopic (exact) mass is 288 g/mol. The first-order valence-corrected chi connectivity index (χ1v) is 6.43. The van der Waals surface area contributed by atoms with Crippen LogP contribution in [0.1, 0.15) is 12.5 Å². The molecule has 0 radical (unpaired) electrons. The Bertz CT molecular complexity index is 551. The van der Waals surface area contributed by atoms with E-state index in [9.17, 15) is 4.79 Å². The standard InChI is InChI=1S/C17H20O4/c1-13(16(12-19-2)17(18)21-4)6-5-7-14-8-10-15(20-3)11-9-14/h5-12H,1-4H3/b7-5+,13-6+,16-12+. The summed E-state index contributed by atoms with van der Waals surface area (Å²) < 4.78 is 14.7. The lowest BCUT2D eigenvalue weighted by atomic mass is 10.1. The minimum Gasteiger partial charge on any atom is -0.503 e. The molecule has 0 aliphatic rings. The van der Waals surface area contributed by atoms with Gasteiger partial charge in [-0.3, -0.25) is 0 Å². The zero-order chi connectivity index (χ0) is 15.7. The van der Waals surface area contributed by atoms with E-state index in [0.717, 1.165) is 16.9 Å². The highest BCUT2D eigenvalue weighted by Gasteiger charge is 2.11. The molecule has 0 spiro atoms. The molecule has 0 heterocycles. The smallest absolute Gasteiger partial charge is 0.341 e. The number of rotatable bonds is 6. The molecule has 0 aliphatic heterocycles. The van der Waals surface area contributed by atoms with Crippen LogP contribution in [0.4, 0.5) is 0 Å². The Morgan fingerprint density at radius 3 is 2.29 bits per heavy atom. The van der Waals surface area contributed by atoms with Crippen molar-refractivity contribution in [1.29, 1.82) is 0 Å². The summed E-state index contributed by atoms with van der Waals surface area (Å²) in [6.45, 7) is 1.82. The van der Waals surface area contributed by atoms with E-state index in [-0.39, 0.29) is 0 Å². The highest BCUT2D eigenvalue weighted by Crippen LogP contribution is 2.14. The van der Waals surface area contributed by atoms with Gasteiger partial charge in [-0.15, -0.1) is 0 Å². The van der Waals surface area contributed by atoms with E-state index in [1.807, 2.05) is 49.4 Å². The number of benzene rings is 1. The number of hydrogen-bond donors (Lipinski definition) is 0. The molecule has 0 saturated heterocycles. The van der Waals surface area contributed by atoms with E-state index in [2.05, 4.69) is 0 Å². The summed E-state index contributed by atoms with van der Waals surface area (Å²) in [5.74, 6) is 0.387. The zero-order valence-corrected chi connectivity index (χ0v) is 12.8. The molecule has 1 aromatic rings. The molecule has 1 aromatic carbocycles. The van der Waals surface area contributed by atoms with E-state index >= 15 is 0 Å². The third-order valence-electron chi connectivity index (χ3n) is 2.82. The van der Waals surface area contributed by atoms with Gasteiger partial charge < -0.3 is 14.2 Å². The van der Waals surface area contributed by atoms with Gasteiger partial charge in [0.05, 0.1) is 33.2 Å². The van der Waals surface area contributed by atoms with E-state index < -0.39 is 5.97 Å². The molecule has 0 unspecified atom stereocenters. The summed E-state index contributed by atoms with van der Waals surface area (Å²) in [5.41, 5.74) is 2.18. The van der Waals surface area contributed by atoms with Crippen molar-refractivity contribution < 1.29 is 19.0 Å². The van der Waals surface area contributed by atoms with E-state index in [0.29, 0.717) is 5.57 Å². The average Bonchev–Trinajstić information content (AvgIpc) is 2.52. The maximum Gasteiger partial charge on any atom is 0.341 e. The first-order chi connectivity index (χ1) is 10.1. The van der Waals surface area contributed by atoms with Crippen molar-refractivity contribution in [3.05, 3.63) is 59.4 Å². The molecule has 112 valence electrons. The molecule has 4 heteroatoms. The Labute approximate surface area is 125 Å². The Balaban J connectivity index is 2.83. The minimum absolute atomic E-state index is 0.388. The van der Waals surface area contributed by atoms with Gasteiger partial charge in [-0.25, -0.2) is 4.79 Å². The van der Waals surface area contributed by atoms with E-state index in [1.165, 1.54) is 20.5 Å². The van der Waals surface area contributed by atoms with Gasteiger partial charge in [-0.1, -0.05) is 30.4 Å². The molecule has 0 amide bonds. The van der Waals surface area contributed by atoms with Crippen molar-refractivity contribution in [2.24, 2.45) is 0 Å². The van der Waals surface area contributed by atoms with E-state index in [1.54, 1.807) is 7.11 Å². The predicted molar refractivity (Wildman–Crippen MR) is 82.9 cm³/mol. The number of esters is 1. The Hall–Kier alpha value is -2.49. The molecule has 21 heavy (non-hydrogen) atoms. The third-order valence-corrected chi connectivity index (χ3v) is 2.82. The lowest BCUT2D eigenvalue weighted by Crippen LogP contribution is -2.06. The average molecular weight is 288 g/mol. The van der Waals surface area contributed by atoms with Crippen LogP contribution in [0.2, 0.25) is 0 Å². The number of hydrogen-bond acceptors (Lipinski definition) is 4. The Morgan fingerprint density at radius 2 is 1.76 bits per heavy atom. The zero-order valence-electron chi connectivity index (χ0n) is 12.8. The van der Waals surface area contributed by atoms with Gasteiger partial charge in [0.25, 0.3) is 0 Å². The molecule has 0 saturated carbocycles. The first-order valence-electron chi connectivity index (χ1n) is 6.43. The van der Waals surface area contributed by atoms with E-state index in [4.69, 9.17) is 14.2 Å². The summed E-state index contributed by atoms with van der Waals surface area (Å²) in [6.07, 6.45) is 7.00. The second-order valence-electron chi connectivity index (χ2n) is 4.24. The third kappa shape index (κ3) is 5.18. The molecule has 0 fully saturated rings. The molecule has 0 aliphatic carbocycles. The van der Waals surface area contributed by atoms with Crippen LogP contribution in [-0.4, -0.2) is 27.3 Å². The Morgan fingerprint density at radius 1 is 1.10 bits per heavy atom. The van der Waals surface area contributed by atoms with Crippen LogP contribution in [0.15, 0.2) is 53.8 Å². The normalized spacial score (nSPS) is 12.4. The van der Waals surface area contributed by atoms with Crippen molar-refractivity contribution in [3.63, 3.8) is 0 Å². The fourth-order valence-corrected chi connectivity index (χ4v) is 1.64. The van der Waals surface area contributed by atoms with Crippen LogP contribution in [-0.2, 0) is 14.3 Å². The minimum atomic E-state index is -0.427. The number of carbonyl (C=O) groups excluding carboxylic acids is 1. The van der Waals surface area contributed by atoms with Gasteiger partial charge in [-0.05, 0) is 30.2 Å². The van der Waals surface area contributed by atoms with Gasteiger partial charge in [0.15, 0.2) is 0 Å². The van der Waals surface area contributed by atoms with Gasteiger partial charge in [0.2, 0.25) is 0 Å². The SMILES string of the molecule is CO\C=C(C(=O)OC)/C(C)=C/C=C/c1ccc(OC)cc1. The van der Waals surface area contributed by atoms with Crippen LogP contribution in [0.3, 0.4) is 0 Å². The second-order valence-corrected chi connectivity index (χ2v) is 4.24. The summed E-state index contributed by atoms with van der Waals surface area (Å²) in [4.78, 5) is 11.6. The summed E-state index contributed by atoms with van der Waals surface area (Å²) >= 11 is 0. The molecule has 0 aromatic heterocycles. The molecular weight excluding hydrogens is 268 g/mol. The molecule has 4 nitrogen and oxygen atoms in total.